The van der Waals surface area contributed by atoms with E-state index in [0.717, 1.165) is 35.9 Å². The van der Waals surface area contributed by atoms with Gasteiger partial charge < -0.3 is 14.8 Å². The maximum Gasteiger partial charge on any atom is 0.296 e. The van der Waals surface area contributed by atoms with Crippen LogP contribution in [-0.2, 0) is 16.1 Å². The van der Waals surface area contributed by atoms with Gasteiger partial charge in [0.15, 0.2) is 0 Å². The largest absolute Gasteiger partial charge is 0.341 e. The fourth-order valence-corrected chi connectivity index (χ4v) is 4.05. The van der Waals surface area contributed by atoms with Crippen LogP contribution in [0.5, 0.6) is 0 Å². The van der Waals surface area contributed by atoms with Gasteiger partial charge in [0.1, 0.15) is 6.54 Å². The molecule has 0 bridgehead atoms. The lowest BCUT2D eigenvalue weighted by Gasteiger charge is -2.15. The molecule has 4 rings (SSSR count). The number of aromatic nitrogens is 1. The van der Waals surface area contributed by atoms with Crippen LogP contribution in [0.1, 0.15) is 23.2 Å². The van der Waals surface area contributed by atoms with Crippen LogP contribution in [0.15, 0.2) is 59.2 Å². The third-order valence-corrected chi connectivity index (χ3v) is 5.58. The van der Waals surface area contributed by atoms with Gasteiger partial charge in [0, 0.05) is 40.3 Å². The number of halogens is 1. The Morgan fingerprint density at radius 1 is 1.00 bits per heavy atom. The van der Waals surface area contributed by atoms with Crippen LogP contribution >= 0.6 is 15.9 Å². The standard InChI is InChI=1S/C22H20BrN3O3/c23-15-6-5-7-16(12-15)24-22(29)21(28)18-13-26(19-9-2-1-8-17(18)19)14-20(27)25-10-3-4-11-25/h1-2,5-9,12-13H,3-4,10-11,14H2,(H,24,29). The number of hydrogen-bond acceptors (Lipinski definition) is 3. The number of ketones is 1. The Labute approximate surface area is 176 Å². The Morgan fingerprint density at radius 2 is 1.76 bits per heavy atom. The number of rotatable bonds is 5. The molecule has 0 aliphatic carbocycles. The van der Waals surface area contributed by atoms with E-state index in [9.17, 15) is 14.4 Å². The van der Waals surface area contributed by atoms with Crippen molar-refractivity contribution in [3.63, 3.8) is 0 Å². The van der Waals surface area contributed by atoms with Crippen LogP contribution in [0.4, 0.5) is 5.69 Å². The third-order valence-electron chi connectivity index (χ3n) is 5.09. The fraction of sp³-hybridized carbons (Fsp3) is 0.227. The summed E-state index contributed by atoms with van der Waals surface area (Å²) in [5.74, 6) is -1.31. The van der Waals surface area contributed by atoms with E-state index in [1.165, 1.54) is 0 Å². The second-order valence-corrected chi connectivity index (χ2v) is 7.98. The smallest absolute Gasteiger partial charge is 0.296 e. The topological polar surface area (TPSA) is 71.4 Å². The molecular weight excluding hydrogens is 434 g/mol. The molecule has 0 spiro atoms. The summed E-state index contributed by atoms with van der Waals surface area (Å²) >= 11 is 3.35. The molecule has 2 amide bonds. The molecule has 3 aromatic rings. The minimum Gasteiger partial charge on any atom is -0.341 e. The molecular formula is C22H20BrN3O3. The molecule has 2 heterocycles. The number of likely N-dealkylation sites (tertiary alicyclic amines) is 1. The molecule has 1 aliphatic rings. The van der Waals surface area contributed by atoms with Gasteiger partial charge in [-0.2, -0.15) is 0 Å². The first-order valence-corrected chi connectivity index (χ1v) is 10.3. The minimum atomic E-state index is -0.711. The summed E-state index contributed by atoms with van der Waals surface area (Å²) in [6.45, 7) is 1.71. The van der Waals surface area contributed by atoms with E-state index < -0.39 is 11.7 Å². The van der Waals surface area contributed by atoms with Crippen molar-refractivity contribution in [2.75, 3.05) is 18.4 Å². The number of nitrogens with one attached hydrogen (secondary N) is 1. The Balaban J connectivity index is 1.60. The zero-order valence-electron chi connectivity index (χ0n) is 15.7. The lowest BCUT2D eigenvalue weighted by Crippen LogP contribution is -2.30. The number of carbonyl (C=O) groups excluding carboxylic acids is 3. The van der Waals surface area contributed by atoms with Crippen molar-refractivity contribution in [1.29, 1.82) is 0 Å². The number of hydrogen-bond donors (Lipinski definition) is 1. The van der Waals surface area contributed by atoms with Crippen molar-refractivity contribution in [3.8, 4) is 0 Å². The molecule has 6 nitrogen and oxygen atoms in total. The molecule has 0 radical (unpaired) electrons. The molecule has 0 unspecified atom stereocenters. The van der Waals surface area contributed by atoms with E-state index >= 15 is 0 Å². The van der Waals surface area contributed by atoms with Crippen molar-refractivity contribution in [1.82, 2.24) is 9.47 Å². The quantitative estimate of drug-likeness (QED) is 0.471. The van der Waals surface area contributed by atoms with E-state index in [2.05, 4.69) is 21.2 Å². The van der Waals surface area contributed by atoms with E-state index in [1.54, 1.807) is 35.0 Å². The molecule has 1 aromatic heterocycles. The Hall–Kier alpha value is -2.93. The number of carbonyl (C=O) groups is 3. The molecule has 148 valence electrons. The summed E-state index contributed by atoms with van der Waals surface area (Å²) in [5.41, 5.74) is 1.59. The Morgan fingerprint density at radius 3 is 2.52 bits per heavy atom. The monoisotopic (exact) mass is 453 g/mol. The fourth-order valence-electron chi connectivity index (χ4n) is 3.65. The SMILES string of the molecule is O=C(Nc1cccc(Br)c1)C(=O)c1cn(CC(=O)N2CCCC2)c2ccccc12. The van der Waals surface area contributed by atoms with Gasteiger partial charge in [-0.05, 0) is 37.1 Å². The van der Waals surface area contributed by atoms with Crippen LogP contribution in [0.2, 0.25) is 0 Å². The molecule has 0 saturated carbocycles. The molecule has 29 heavy (non-hydrogen) atoms. The van der Waals surface area contributed by atoms with Crippen molar-refractivity contribution >= 4 is 50.1 Å². The van der Waals surface area contributed by atoms with Crippen molar-refractivity contribution < 1.29 is 14.4 Å². The van der Waals surface area contributed by atoms with Crippen LogP contribution in [0, 0.1) is 0 Å². The first-order valence-electron chi connectivity index (χ1n) is 9.50. The minimum absolute atomic E-state index is 0.0286. The number of fused-ring (bicyclic) bond motifs is 1. The molecule has 7 heteroatoms. The van der Waals surface area contributed by atoms with Gasteiger partial charge in [-0.1, -0.05) is 40.2 Å². The number of anilines is 1. The summed E-state index contributed by atoms with van der Waals surface area (Å²) in [6.07, 6.45) is 3.66. The van der Waals surface area contributed by atoms with E-state index in [0.29, 0.717) is 16.6 Å². The van der Waals surface area contributed by atoms with Gasteiger partial charge in [0.2, 0.25) is 5.91 Å². The lowest BCUT2D eigenvalue weighted by atomic mass is 10.1. The normalized spacial score (nSPS) is 13.6. The number of para-hydroxylation sites is 1. The zero-order valence-corrected chi connectivity index (χ0v) is 17.3. The molecule has 1 N–H and O–H groups in total. The number of amides is 2. The predicted molar refractivity (Wildman–Crippen MR) is 115 cm³/mol. The van der Waals surface area contributed by atoms with Crippen LogP contribution in [0.25, 0.3) is 10.9 Å². The highest BCUT2D eigenvalue weighted by Crippen LogP contribution is 2.23. The predicted octanol–water partition coefficient (Wildman–Crippen LogP) is 3.85. The molecule has 1 fully saturated rings. The number of benzene rings is 2. The highest BCUT2D eigenvalue weighted by molar-refractivity contribution is 9.10. The maximum absolute atomic E-state index is 12.9. The lowest BCUT2D eigenvalue weighted by molar-refractivity contribution is -0.130. The van der Waals surface area contributed by atoms with E-state index in [4.69, 9.17) is 0 Å². The average molecular weight is 454 g/mol. The second-order valence-electron chi connectivity index (χ2n) is 7.07. The van der Waals surface area contributed by atoms with Crippen molar-refractivity contribution in [2.45, 2.75) is 19.4 Å². The van der Waals surface area contributed by atoms with Crippen molar-refractivity contribution in [2.24, 2.45) is 0 Å². The third kappa shape index (κ3) is 4.10. The summed E-state index contributed by atoms with van der Waals surface area (Å²) < 4.78 is 2.56. The number of nitrogens with zero attached hydrogens (tertiary/aromatic N) is 2. The van der Waals surface area contributed by atoms with Gasteiger partial charge in [-0.15, -0.1) is 0 Å². The van der Waals surface area contributed by atoms with Crippen LogP contribution < -0.4 is 5.32 Å². The zero-order chi connectivity index (χ0) is 20.4. The van der Waals surface area contributed by atoms with Crippen LogP contribution in [0.3, 0.4) is 0 Å². The first-order chi connectivity index (χ1) is 14.0. The van der Waals surface area contributed by atoms with Gasteiger partial charge in [0.05, 0.1) is 5.56 Å². The van der Waals surface area contributed by atoms with E-state index in [-0.39, 0.29) is 12.5 Å². The summed E-state index contributed by atoms with van der Waals surface area (Å²) in [7, 11) is 0. The highest BCUT2D eigenvalue weighted by Gasteiger charge is 2.24. The number of Topliss-reactive ketones (excluding diaryl/α,β-unsaturated/α-hetero) is 1. The summed E-state index contributed by atoms with van der Waals surface area (Å²) in [4.78, 5) is 39.8. The van der Waals surface area contributed by atoms with Gasteiger partial charge >= 0.3 is 0 Å². The van der Waals surface area contributed by atoms with Gasteiger partial charge in [0.25, 0.3) is 11.7 Å². The molecule has 2 aromatic carbocycles. The first kappa shape index (κ1) is 19.4. The molecule has 1 aliphatic heterocycles. The maximum atomic E-state index is 12.9. The average Bonchev–Trinajstić information content (AvgIpc) is 3.36. The van der Waals surface area contributed by atoms with Gasteiger partial charge in [-0.3, -0.25) is 14.4 Å². The molecule has 1 saturated heterocycles. The van der Waals surface area contributed by atoms with Gasteiger partial charge in [-0.25, -0.2) is 0 Å². The Bertz CT molecular complexity index is 1100. The summed E-state index contributed by atoms with van der Waals surface area (Å²) in [6, 6.07) is 14.4. The molecule has 0 atom stereocenters. The Kier molecular flexibility index (Phi) is 5.49. The van der Waals surface area contributed by atoms with Crippen molar-refractivity contribution in [3.05, 3.63) is 64.8 Å². The van der Waals surface area contributed by atoms with Crippen LogP contribution in [-0.4, -0.2) is 40.2 Å². The van der Waals surface area contributed by atoms with E-state index in [1.807, 2.05) is 29.2 Å². The highest BCUT2D eigenvalue weighted by atomic mass is 79.9. The summed E-state index contributed by atoms with van der Waals surface area (Å²) in [5, 5.41) is 3.30. The second kappa shape index (κ2) is 8.21.